The second-order valence-corrected chi connectivity index (χ2v) is 2.63. The maximum absolute atomic E-state index is 12.8. The van der Waals surface area contributed by atoms with Crippen molar-refractivity contribution >= 4 is 10.9 Å². The van der Waals surface area contributed by atoms with Crippen LogP contribution in [0, 0.1) is 6.92 Å². The number of fused-ring (bicyclic) bond motifs is 1. The SMILES string of the molecule is Cc1cccc2c1ccn2F. The van der Waals surface area contributed by atoms with Gasteiger partial charge in [0.15, 0.2) is 0 Å². The molecule has 0 radical (unpaired) electrons. The van der Waals surface area contributed by atoms with Crippen LogP contribution in [0.15, 0.2) is 30.5 Å². The molecular formula is C9H8FN. The van der Waals surface area contributed by atoms with Crippen molar-refractivity contribution in [1.82, 2.24) is 4.79 Å². The van der Waals surface area contributed by atoms with Gasteiger partial charge in [0.25, 0.3) is 0 Å². The van der Waals surface area contributed by atoms with Crippen LogP contribution < -0.4 is 0 Å². The molecule has 0 saturated carbocycles. The van der Waals surface area contributed by atoms with Gasteiger partial charge in [-0.25, -0.2) is 0 Å². The topological polar surface area (TPSA) is 4.93 Å². The number of nitrogens with zero attached hydrogens (tertiary/aromatic N) is 1. The lowest BCUT2D eigenvalue weighted by Crippen LogP contribution is -1.78. The first-order valence-corrected chi connectivity index (χ1v) is 3.52. The fourth-order valence-electron chi connectivity index (χ4n) is 1.29. The summed E-state index contributed by atoms with van der Waals surface area (Å²) in [6.45, 7) is 1.97. The molecule has 1 aromatic heterocycles. The number of rotatable bonds is 0. The van der Waals surface area contributed by atoms with Crippen molar-refractivity contribution in [2.24, 2.45) is 0 Å². The highest BCUT2D eigenvalue weighted by atomic mass is 19.2. The number of hydrogen-bond acceptors (Lipinski definition) is 0. The van der Waals surface area contributed by atoms with E-state index in [9.17, 15) is 4.48 Å². The Hall–Kier alpha value is -1.31. The second-order valence-electron chi connectivity index (χ2n) is 2.63. The molecule has 0 bridgehead atoms. The third-order valence-electron chi connectivity index (χ3n) is 1.90. The van der Waals surface area contributed by atoms with E-state index in [1.54, 1.807) is 12.1 Å². The van der Waals surface area contributed by atoms with E-state index in [4.69, 9.17) is 0 Å². The summed E-state index contributed by atoms with van der Waals surface area (Å²) in [5.41, 5.74) is 1.75. The normalized spacial score (nSPS) is 10.7. The zero-order valence-electron chi connectivity index (χ0n) is 6.21. The van der Waals surface area contributed by atoms with E-state index in [1.807, 2.05) is 19.1 Å². The molecule has 0 aliphatic carbocycles. The lowest BCUT2D eigenvalue weighted by atomic mass is 10.1. The molecule has 0 fully saturated rings. The van der Waals surface area contributed by atoms with Crippen molar-refractivity contribution in [2.45, 2.75) is 6.92 Å². The molecule has 2 rings (SSSR count). The summed E-state index contributed by atoms with van der Waals surface area (Å²) in [4.78, 5) is 0.641. The van der Waals surface area contributed by atoms with Crippen molar-refractivity contribution in [3.05, 3.63) is 36.0 Å². The van der Waals surface area contributed by atoms with Crippen molar-refractivity contribution in [3.8, 4) is 0 Å². The third-order valence-corrected chi connectivity index (χ3v) is 1.90. The van der Waals surface area contributed by atoms with Gasteiger partial charge in [-0.3, -0.25) is 0 Å². The first kappa shape index (κ1) is 6.40. The van der Waals surface area contributed by atoms with Gasteiger partial charge in [-0.1, -0.05) is 16.6 Å². The molecule has 1 heterocycles. The second kappa shape index (κ2) is 2.09. The zero-order chi connectivity index (χ0) is 7.84. The smallest absolute Gasteiger partial charge is 0.0815 e. The molecule has 0 spiro atoms. The van der Waals surface area contributed by atoms with Crippen LogP contribution in [0.3, 0.4) is 0 Å². The van der Waals surface area contributed by atoms with Crippen LogP contribution in [0.5, 0.6) is 0 Å². The molecule has 0 aliphatic rings. The average Bonchev–Trinajstić information content (AvgIpc) is 2.35. The van der Waals surface area contributed by atoms with E-state index >= 15 is 0 Å². The summed E-state index contributed by atoms with van der Waals surface area (Å²) in [7, 11) is 0. The van der Waals surface area contributed by atoms with Crippen molar-refractivity contribution in [1.29, 1.82) is 0 Å². The van der Waals surface area contributed by atoms with E-state index < -0.39 is 0 Å². The highest BCUT2D eigenvalue weighted by Crippen LogP contribution is 2.18. The molecule has 0 amide bonds. The minimum Gasteiger partial charge on any atom is -0.186 e. The molecule has 0 saturated heterocycles. The monoisotopic (exact) mass is 149 g/mol. The number of aryl methyl sites for hydroxylation is 1. The van der Waals surface area contributed by atoms with Crippen LogP contribution in [-0.4, -0.2) is 4.79 Å². The minimum atomic E-state index is 0.641. The summed E-state index contributed by atoms with van der Waals surface area (Å²) in [6.07, 6.45) is 1.43. The summed E-state index contributed by atoms with van der Waals surface area (Å²) < 4.78 is 12.8. The summed E-state index contributed by atoms with van der Waals surface area (Å²) in [5.74, 6) is 0. The standard InChI is InChI=1S/C9H8FN/c1-7-3-2-4-9-8(7)5-6-11(9)10/h2-6H,1H3. The third kappa shape index (κ3) is 0.827. The van der Waals surface area contributed by atoms with Gasteiger partial charge in [0.05, 0.1) is 5.52 Å². The number of hydrogen-bond donors (Lipinski definition) is 0. The Morgan fingerprint density at radius 1 is 1.27 bits per heavy atom. The maximum Gasteiger partial charge on any atom is 0.0815 e. The fraction of sp³-hybridized carbons (Fsp3) is 0.111. The van der Waals surface area contributed by atoms with Crippen LogP contribution in [0.1, 0.15) is 5.56 Å². The van der Waals surface area contributed by atoms with Crippen LogP contribution in [0.2, 0.25) is 0 Å². The van der Waals surface area contributed by atoms with Crippen LogP contribution >= 0.6 is 0 Å². The van der Waals surface area contributed by atoms with Crippen LogP contribution in [0.4, 0.5) is 4.48 Å². The van der Waals surface area contributed by atoms with Gasteiger partial charge in [0.1, 0.15) is 0 Å². The van der Waals surface area contributed by atoms with Crippen LogP contribution in [-0.2, 0) is 0 Å². The molecule has 56 valence electrons. The first-order chi connectivity index (χ1) is 5.29. The van der Waals surface area contributed by atoms with Gasteiger partial charge in [-0.15, -0.1) is 0 Å². The van der Waals surface area contributed by atoms with E-state index in [0.29, 0.717) is 10.3 Å². The Morgan fingerprint density at radius 2 is 2.09 bits per heavy atom. The quantitative estimate of drug-likeness (QED) is 0.542. The predicted octanol–water partition coefficient (Wildman–Crippen LogP) is 2.68. The minimum absolute atomic E-state index is 0.641. The first-order valence-electron chi connectivity index (χ1n) is 3.52. The molecule has 0 N–H and O–H groups in total. The highest BCUT2D eigenvalue weighted by molar-refractivity contribution is 5.83. The van der Waals surface area contributed by atoms with E-state index in [2.05, 4.69) is 0 Å². The summed E-state index contributed by atoms with van der Waals surface area (Å²) >= 11 is 0. The highest BCUT2D eigenvalue weighted by Gasteiger charge is 2.00. The molecular weight excluding hydrogens is 141 g/mol. The Kier molecular flexibility index (Phi) is 1.22. The molecule has 1 aromatic carbocycles. The molecule has 1 nitrogen and oxygen atoms in total. The maximum atomic E-state index is 12.8. The molecule has 2 heteroatoms. The average molecular weight is 149 g/mol. The zero-order valence-corrected chi connectivity index (χ0v) is 6.21. The van der Waals surface area contributed by atoms with Gasteiger partial charge < -0.3 is 0 Å². The fourth-order valence-corrected chi connectivity index (χ4v) is 1.29. The Bertz CT molecular complexity index is 389. The van der Waals surface area contributed by atoms with E-state index in [0.717, 1.165) is 10.9 Å². The Labute approximate surface area is 64.0 Å². The van der Waals surface area contributed by atoms with Gasteiger partial charge in [-0.05, 0) is 24.6 Å². The number of aromatic nitrogens is 1. The number of halogens is 1. The Balaban J connectivity index is 2.94. The van der Waals surface area contributed by atoms with E-state index in [-0.39, 0.29) is 0 Å². The van der Waals surface area contributed by atoms with Gasteiger partial charge in [0, 0.05) is 11.6 Å². The molecule has 11 heavy (non-hydrogen) atoms. The molecule has 0 unspecified atom stereocenters. The predicted molar refractivity (Wildman–Crippen MR) is 43.2 cm³/mol. The van der Waals surface area contributed by atoms with Crippen molar-refractivity contribution in [3.63, 3.8) is 0 Å². The van der Waals surface area contributed by atoms with Gasteiger partial charge >= 0.3 is 0 Å². The number of benzene rings is 1. The lowest BCUT2D eigenvalue weighted by molar-refractivity contribution is 0.388. The van der Waals surface area contributed by atoms with Gasteiger partial charge in [0.2, 0.25) is 0 Å². The molecule has 2 aromatic rings. The van der Waals surface area contributed by atoms with Crippen molar-refractivity contribution < 1.29 is 4.48 Å². The van der Waals surface area contributed by atoms with Crippen LogP contribution in [0.25, 0.3) is 10.9 Å². The van der Waals surface area contributed by atoms with Gasteiger partial charge in [-0.2, -0.15) is 4.79 Å². The lowest BCUT2D eigenvalue weighted by Gasteiger charge is -1.94. The summed E-state index contributed by atoms with van der Waals surface area (Å²) in [6, 6.07) is 7.38. The largest absolute Gasteiger partial charge is 0.186 e. The molecule has 0 aliphatic heterocycles. The summed E-state index contributed by atoms with van der Waals surface area (Å²) in [5, 5.41) is 0.981. The molecule has 0 atom stereocenters. The van der Waals surface area contributed by atoms with E-state index in [1.165, 1.54) is 6.20 Å². The van der Waals surface area contributed by atoms with Crippen molar-refractivity contribution in [2.75, 3.05) is 0 Å². The Morgan fingerprint density at radius 3 is 2.82 bits per heavy atom.